The zero-order valence-corrected chi connectivity index (χ0v) is 18.3. The second-order valence-corrected chi connectivity index (χ2v) is 8.99. The van der Waals surface area contributed by atoms with E-state index in [9.17, 15) is 17.6 Å². The molecule has 31 heavy (non-hydrogen) atoms. The third-order valence-electron chi connectivity index (χ3n) is 4.08. The van der Waals surface area contributed by atoms with Crippen LogP contribution in [-0.4, -0.2) is 20.4 Å². The van der Waals surface area contributed by atoms with Crippen molar-refractivity contribution in [2.45, 2.75) is 24.8 Å². The third-order valence-corrected chi connectivity index (χ3v) is 5.79. The van der Waals surface area contributed by atoms with E-state index in [1.165, 1.54) is 18.2 Å². The molecule has 0 aromatic heterocycles. The molecule has 0 saturated heterocycles. The van der Waals surface area contributed by atoms with Crippen molar-refractivity contribution in [1.29, 1.82) is 0 Å². The van der Waals surface area contributed by atoms with Gasteiger partial charge in [-0.3, -0.25) is 9.52 Å². The largest absolute Gasteiger partial charge is 0.491 e. The molecule has 0 radical (unpaired) electrons. The first-order valence-electron chi connectivity index (χ1n) is 9.30. The standard InChI is InChI=1S/C22H20ClFN2O4S/c1-14(2)30-18-8-6-17(7-9-18)25-22(27)15-3-12-20(23)21(13-15)26-31(28,29)19-10-4-16(24)5-11-19/h3-14,26H,1-2H3,(H,25,27). The van der Waals surface area contributed by atoms with E-state index in [1.807, 2.05) is 13.8 Å². The highest BCUT2D eigenvalue weighted by molar-refractivity contribution is 7.92. The lowest BCUT2D eigenvalue weighted by Crippen LogP contribution is -2.15. The molecular weight excluding hydrogens is 443 g/mol. The highest BCUT2D eigenvalue weighted by atomic mass is 35.5. The highest BCUT2D eigenvalue weighted by Gasteiger charge is 2.17. The van der Waals surface area contributed by atoms with Crippen LogP contribution in [0.4, 0.5) is 15.8 Å². The van der Waals surface area contributed by atoms with Crippen molar-refractivity contribution in [2.75, 3.05) is 10.0 Å². The first-order valence-corrected chi connectivity index (χ1v) is 11.2. The van der Waals surface area contributed by atoms with E-state index >= 15 is 0 Å². The van der Waals surface area contributed by atoms with E-state index < -0.39 is 21.7 Å². The van der Waals surface area contributed by atoms with Gasteiger partial charge < -0.3 is 10.1 Å². The summed E-state index contributed by atoms with van der Waals surface area (Å²) in [6, 6.07) is 15.4. The average Bonchev–Trinajstić information content (AvgIpc) is 2.71. The average molecular weight is 463 g/mol. The molecule has 6 nitrogen and oxygen atoms in total. The molecule has 0 spiro atoms. The van der Waals surface area contributed by atoms with Crippen LogP contribution in [0.2, 0.25) is 5.02 Å². The number of halogens is 2. The molecule has 9 heteroatoms. The maximum Gasteiger partial charge on any atom is 0.261 e. The number of rotatable bonds is 7. The number of carbonyl (C=O) groups is 1. The molecule has 0 atom stereocenters. The van der Waals surface area contributed by atoms with Crippen molar-refractivity contribution in [3.63, 3.8) is 0 Å². The Morgan fingerprint density at radius 1 is 1.00 bits per heavy atom. The quantitative estimate of drug-likeness (QED) is 0.497. The van der Waals surface area contributed by atoms with Crippen molar-refractivity contribution >= 4 is 38.9 Å². The van der Waals surface area contributed by atoms with Crippen LogP contribution >= 0.6 is 11.6 Å². The van der Waals surface area contributed by atoms with Crippen LogP contribution in [0.5, 0.6) is 5.75 Å². The van der Waals surface area contributed by atoms with Gasteiger partial charge in [0.2, 0.25) is 0 Å². The Morgan fingerprint density at radius 2 is 1.65 bits per heavy atom. The molecule has 0 unspecified atom stereocenters. The van der Waals surface area contributed by atoms with Crippen molar-refractivity contribution < 1.29 is 22.3 Å². The number of ether oxygens (including phenoxy) is 1. The monoisotopic (exact) mass is 462 g/mol. The number of hydrogen-bond donors (Lipinski definition) is 2. The van der Waals surface area contributed by atoms with E-state index in [0.717, 1.165) is 24.3 Å². The lowest BCUT2D eigenvalue weighted by atomic mass is 10.2. The molecule has 2 N–H and O–H groups in total. The van der Waals surface area contributed by atoms with Gasteiger partial charge in [-0.2, -0.15) is 0 Å². The normalized spacial score (nSPS) is 11.3. The van der Waals surface area contributed by atoms with Crippen LogP contribution in [0.3, 0.4) is 0 Å². The Balaban J connectivity index is 1.77. The van der Waals surface area contributed by atoms with Crippen LogP contribution in [0.1, 0.15) is 24.2 Å². The summed E-state index contributed by atoms with van der Waals surface area (Å²) in [5.74, 6) is -0.326. The van der Waals surface area contributed by atoms with Gasteiger partial charge in [-0.15, -0.1) is 0 Å². The minimum atomic E-state index is -4.02. The SMILES string of the molecule is CC(C)Oc1ccc(NC(=O)c2ccc(Cl)c(NS(=O)(=O)c3ccc(F)cc3)c2)cc1. The molecule has 0 saturated carbocycles. The first-order chi connectivity index (χ1) is 14.6. The van der Waals surface area contributed by atoms with Crippen molar-refractivity contribution in [3.05, 3.63) is 83.1 Å². The Kier molecular flexibility index (Phi) is 6.82. The van der Waals surface area contributed by atoms with Crippen molar-refractivity contribution in [2.24, 2.45) is 0 Å². The molecule has 0 aliphatic heterocycles. The molecule has 3 rings (SSSR count). The topological polar surface area (TPSA) is 84.5 Å². The van der Waals surface area contributed by atoms with Gasteiger partial charge in [0.05, 0.1) is 21.7 Å². The zero-order chi connectivity index (χ0) is 22.6. The van der Waals surface area contributed by atoms with E-state index in [2.05, 4.69) is 10.0 Å². The summed E-state index contributed by atoms with van der Waals surface area (Å²) in [5.41, 5.74) is 0.771. The smallest absolute Gasteiger partial charge is 0.261 e. The number of amides is 1. The summed E-state index contributed by atoms with van der Waals surface area (Å²) in [6.07, 6.45) is 0.0339. The molecular formula is C22H20ClFN2O4S. The molecule has 162 valence electrons. The van der Waals surface area contributed by atoms with E-state index in [-0.39, 0.29) is 27.3 Å². The lowest BCUT2D eigenvalue weighted by Gasteiger charge is -2.12. The van der Waals surface area contributed by atoms with Gasteiger partial charge in [0.25, 0.3) is 15.9 Å². The Hall–Kier alpha value is -3.10. The summed E-state index contributed by atoms with van der Waals surface area (Å²) < 4.78 is 46.1. The Morgan fingerprint density at radius 3 is 2.26 bits per heavy atom. The molecule has 0 aliphatic rings. The summed E-state index contributed by atoms with van der Waals surface area (Å²) in [5, 5.41) is 2.84. The molecule has 0 heterocycles. The van der Waals surface area contributed by atoms with E-state index in [0.29, 0.717) is 11.4 Å². The van der Waals surface area contributed by atoms with Crippen LogP contribution < -0.4 is 14.8 Å². The number of benzene rings is 3. The predicted octanol–water partition coefficient (Wildman–Crippen LogP) is 5.32. The van der Waals surface area contributed by atoms with Crippen molar-refractivity contribution in [1.82, 2.24) is 0 Å². The van der Waals surface area contributed by atoms with Crippen LogP contribution in [0.15, 0.2) is 71.6 Å². The summed E-state index contributed by atoms with van der Waals surface area (Å²) in [6.45, 7) is 3.83. The second kappa shape index (κ2) is 9.36. The third kappa shape index (κ3) is 5.96. The maximum atomic E-state index is 13.1. The van der Waals surface area contributed by atoms with Crippen LogP contribution in [0.25, 0.3) is 0 Å². The number of nitrogens with one attached hydrogen (secondary N) is 2. The van der Waals surface area contributed by atoms with Gasteiger partial charge in [0, 0.05) is 11.3 Å². The minimum Gasteiger partial charge on any atom is -0.491 e. The van der Waals surface area contributed by atoms with E-state index in [1.54, 1.807) is 24.3 Å². The molecule has 3 aromatic carbocycles. The predicted molar refractivity (Wildman–Crippen MR) is 119 cm³/mol. The summed E-state index contributed by atoms with van der Waals surface area (Å²) >= 11 is 6.11. The summed E-state index contributed by atoms with van der Waals surface area (Å²) in [4.78, 5) is 12.5. The molecule has 1 amide bonds. The molecule has 3 aromatic rings. The van der Waals surface area contributed by atoms with Gasteiger partial charge in [-0.1, -0.05) is 11.6 Å². The molecule has 0 bridgehead atoms. The molecule has 0 aliphatic carbocycles. The number of anilines is 2. The van der Waals surface area contributed by atoms with Gasteiger partial charge in [0.1, 0.15) is 11.6 Å². The fourth-order valence-corrected chi connectivity index (χ4v) is 3.95. The lowest BCUT2D eigenvalue weighted by molar-refractivity contribution is 0.102. The van der Waals surface area contributed by atoms with Crippen molar-refractivity contribution in [3.8, 4) is 5.75 Å². The Labute approximate surface area is 185 Å². The van der Waals surface area contributed by atoms with Crippen LogP contribution in [-0.2, 0) is 10.0 Å². The number of hydrogen-bond acceptors (Lipinski definition) is 4. The second-order valence-electron chi connectivity index (χ2n) is 6.90. The highest BCUT2D eigenvalue weighted by Crippen LogP contribution is 2.27. The van der Waals surface area contributed by atoms with E-state index in [4.69, 9.17) is 16.3 Å². The number of carbonyl (C=O) groups excluding carboxylic acids is 1. The van der Waals surface area contributed by atoms with Gasteiger partial charge in [-0.05, 0) is 80.6 Å². The maximum absolute atomic E-state index is 13.1. The fourth-order valence-electron chi connectivity index (χ4n) is 2.65. The number of sulfonamides is 1. The van der Waals surface area contributed by atoms with Crippen LogP contribution in [0, 0.1) is 5.82 Å². The zero-order valence-electron chi connectivity index (χ0n) is 16.7. The van der Waals surface area contributed by atoms with Gasteiger partial charge in [-0.25, -0.2) is 12.8 Å². The molecule has 0 fully saturated rings. The van der Waals surface area contributed by atoms with Gasteiger partial charge in [0.15, 0.2) is 0 Å². The van der Waals surface area contributed by atoms with Gasteiger partial charge >= 0.3 is 0 Å². The summed E-state index contributed by atoms with van der Waals surface area (Å²) in [7, 11) is -4.02. The Bertz CT molecular complexity index is 1180. The fraction of sp³-hybridized carbons (Fsp3) is 0.136. The first kappa shape index (κ1) is 22.6. The minimum absolute atomic E-state index is 0.0272.